The van der Waals surface area contributed by atoms with E-state index < -0.39 is 0 Å². The van der Waals surface area contributed by atoms with Gasteiger partial charge in [0.05, 0.1) is 24.7 Å². The molecular weight excluding hydrogens is 450 g/mol. The fourth-order valence-electron chi connectivity index (χ4n) is 3.63. The van der Waals surface area contributed by atoms with Crippen LogP contribution in [0.25, 0.3) is 16.8 Å². The summed E-state index contributed by atoms with van der Waals surface area (Å²) in [4.78, 5) is 27.0. The zero-order valence-corrected chi connectivity index (χ0v) is 20.1. The van der Waals surface area contributed by atoms with Crippen LogP contribution in [0.15, 0.2) is 65.6 Å². The van der Waals surface area contributed by atoms with Crippen LogP contribution in [-0.4, -0.2) is 42.4 Å². The predicted molar refractivity (Wildman–Crippen MR) is 136 cm³/mol. The fourth-order valence-corrected chi connectivity index (χ4v) is 4.49. The molecule has 1 aliphatic heterocycles. The van der Waals surface area contributed by atoms with Crippen molar-refractivity contribution in [3.63, 3.8) is 0 Å². The molecule has 1 fully saturated rings. The Morgan fingerprint density at radius 2 is 1.65 bits per heavy atom. The summed E-state index contributed by atoms with van der Waals surface area (Å²) >= 11 is 0.934. The van der Waals surface area contributed by atoms with Gasteiger partial charge in [-0.25, -0.2) is 0 Å². The summed E-state index contributed by atoms with van der Waals surface area (Å²) in [7, 11) is 0. The summed E-state index contributed by atoms with van der Waals surface area (Å²) in [6.07, 6.45) is 2.60. The Balaban J connectivity index is 1.43. The van der Waals surface area contributed by atoms with E-state index >= 15 is 0 Å². The van der Waals surface area contributed by atoms with E-state index in [9.17, 15) is 9.59 Å². The highest BCUT2D eigenvalue weighted by atomic mass is 32.2. The van der Waals surface area contributed by atoms with Gasteiger partial charge in [0.2, 0.25) is 0 Å². The highest BCUT2D eigenvalue weighted by Gasteiger charge is 2.34. The summed E-state index contributed by atoms with van der Waals surface area (Å²) in [5, 5.41) is 1.77. The van der Waals surface area contributed by atoms with Crippen LogP contribution in [0.3, 0.4) is 0 Å². The minimum absolute atomic E-state index is 0.180. The molecule has 0 spiro atoms. The third-order valence-electron chi connectivity index (χ3n) is 5.22. The topological polar surface area (TPSA) is 65.1 Å². The molecule has 0 atom stereocenters. The van der Waals surface area contributed by atoms with E-state index in [1.807, 2.05) is 74.5 Å². The molecule has 3 aromatic rings. The van der Waals surface area contributed by atoms with Gasteiger partial charge in [-0.1, -0.05) is 49.4 Å². The molecule has 0 bridgehead atoms. The maximum Gasteiger partial charge on any atom is 0.293 e. The van der Waals surface area contributed by atoms with Crippen molar-refractivity contribution in [1.82, 2.24) is 4.90 Å². The largest absolute Gasteiger partial charge is 0.491 e. The molecular formula is C27H27NO5S. The van der Waals surface area contributed by atoms with Gasteiger partial charge < -0.3 is 14.2 Å². The lowest BCUT2D eigenvalue weighted by atomic mass is 10.1. The Hall–Kier alpha value is -3.45. The van der Waals surface area contributed by atoms with Gasteiger partial charge in [-0.2, -0.15) is 0 Å². The van der Waals surface area contributed by atoms with Crippen LogP contribution < -0.4 is 14.2 Å². The smallest absolute Gasteiger partial charge is 0.293 e. The fraction of sp³-hybridized carbons (Fsp3) is 0.259. The summed E-state index contributed by atoms with van der Waals surface area (Å²) in [6.45, 7) is 5.44. The van der Waals surface area contributed by atoms with E-state index in [4.69, 9.17) is 14.2 Å². The number of nitrogens with zero attached hydrogens (tertiary/aromatic N) is 1. The minimum atomic E-state index is -0.319. The number of hydrogen-bond acceptors (Lipinski definition) is 6. The molecule has 0 N–H and O–H groups in total. The van der Waals surface area contributed by atoms with Crippen molar-refractivity contribution >= 4 is 39.8 Å². The van der Waals surface area contributed by atoms with Gasteiger partial charge in [0, 0.05) is 5.39 Å². The first-order valence-corrected chi connectivity index (χ1v) is 12.2. The van der Waals surface area contributed by atoms with Crippen molar-refractivity contribution in [1.29, 1.82) is 0 Å². The van der Waals surface area contributed by atoms with Gasteiger partial charge in [0.15, 0.2) is 11.5 Å². The van der Waals surface area contributed by atoms with E-state index in [2.05, 4.69) is 0 Å². The maximum absolute atomic E-state index is 12.9. The molecule has 1 aliphatic rings. The third kappa shape index (κ3) is 5.37. The number of benzene rings is 3. The summed E-state index contributed by atoms with van der Waals surface area (Å²) in [5.74, 6) is 1.70. The zero-order chi connectivity index (χ0) is 23.9. The predicted octanol–water partition coefficient (Wildman–Crippen LogP) is 6.14. The van der Waals surface area contributed by atoms with E-state index in [-0.39, 0.29) is 24.3 Å². The van der Waals surface area contributed by atoms with Crippen molar-refractivity contribution < 1.29 is 23.8 Å². The SMILES string of the molecule is CCCOc1ccc(/C=C2\SC(=O)N(CCOc3cccc4ccccc34)C2=O)cc1OCC. The molecule has 4 rings (SSSR count). The second-order valence-corrected chi connectivity index (χ2v) is 8.64. The first-order valence-electron chi connectivity index (χ1n) is 11.4. The lowest BCUT2D eigenvalue weighted by Gasteiger charge is -2.14. The molecule has 6 nitrogen and oxygen atoms in total. The van der Waals surface area contributed by atoms with Gasteiger partial charge in [0.25, 0.3) is 11.1 Å². The number of imide groups is 1. The van der Waals surface area contributed by atoms with Crippen molar-refractivity contribution in [3.05, 3.63) is 71.1 Å². The lowest BCUT2D eigenvalue weighted by Crippen LogP contribution is -2.32. The van der Waals surface area contributed by atoms with Gasteiger partial charge in [-0.15, -0.1) is 0 Å². The van der Waals surface area contributed by atoms with E-state index in [1.165, 1.54) is 4.90 Å². The Morgan fingerprint density at radius 1 is 0.853 bits per heavy atom. The van der Waals surface area contributed by atoms with Gasteiger partial charge in [-0.3, -0.25) is 14.5 Å². The van der Waals surface area contributed by atoms with Crippen LogP contribution in [0.5, 0.6) is 17.2 Å². The van der Waals surface area contributed by atoms with Crippen LogP contribution in [0.4, 0.5) is 4.79 Å². The highest BCUT2D eigenvalue weighted by molar-refractivity contribution is 8.18. The average Bonchev–Trinajstić information content (AvgIpc) is 3.11. The summed E-state index contributed by atoms with van der Waals surface area (Å²) in [5.41, 5.74) is 0.768. The number of carbonyl (C=O) groups excluding carboxylic acids is 2. The third-order valence-corrected chi connectivity index (χ3v) is 6.13. The molecule has 0 aromatic heterocycles. The van der Waals surface area contributed by atoms with Crippen LogP contribution in [0.2, 0.25) is 0 Å². The molecule has 2 amide bonds. The standard InChI is InChI=1S/C27H27NO5S/c1-3-15-32-23-13-12-19(17-24(23)31-4-2)18-25-26(29)28(27(30)34-25)14-16-33-22-11-7-9-20-8-5-6-10-21(20)22/h5-13,17-18H,3-4,14-16H2,1-2H3/b25-18-. The van der Waals surface area contributed by atoms with Crippen molar-refractivity contribution in [2.75, 3.05) is 26.4 Å². The van der Waals surface area contributed by atoms with Crippen molar-refractivity contribution in [2.24, 2.45) is 0 Å². The Labute approximate surface area is 203 Å². The number of carbonyl (C=O) groups is 2. The molecule has 0 radical (unpaired) electrons. The quantitative estimate of drug-likeness (QED) is 0.327. The molecule has 176 valence electrons. The molecule has 0 unspecified atom stereocenters. The normalized spacial score (nSPS) is 14.8. The maximum atomic E-state index is 12.9. The number of ether oxygens (including phenoxy) is 3. The number of amides is 2. The minimum Gasteiger partial charge on any atom is -0.491 e. The molecule has 0 aliphatic carbocycles. The van der Waals surface area contributed by atoms with Crippen molar-refractivity contribution in [2.45, 2.75) is 20.3 Å². The van der Waals surface area contributed by atoms with E-state index in [0.717, 1.165) is 40.3 Å². The monoisotopic (exact) mass is 477 g/mol. The van der Waals surface area contributed by atoms with Crippen LogP contribution >= 0.6 is 11.8 Å². The van der Waals surface area contributed by atoms with Gasteiger partial charge in [-0.05, 0) is 60.3 Å². The van der Waals surface area contributed by atoms with Gasteiger partial charge in [0.1, 0.15) is 12.4 Å². The average molecular weight is 478 g/mol. The Bertz CT molecular complexity index is 1220. The van der Waals surface area contributed by atoms with Gasteiger partial charge >= 0.3 is 0 Å². The summed E-state index contributed by atoms with van der Waals surface area (Å²) < 4.78 is 17.3. The molecule has 1 heterocycles. The zero-order valence-electron chi connectivity index (χ0n) is 19.3. The highest BCUT2D eigenvalue weighted by Crippen LogP contribution is 2.35. The van der Waals surface area contributed by atoms with Crippen LogP contribution in [0.1, 0.15) is 25.8 Å². The first kappa shape index (κ1) is 23.7. The number of rotatable bonds is 10. The number of fused-ring (bicyclic) bond motifs is 1. The first-order chi connectivity index (χ1) is 16.6. The van der Waals surface area contributed by atoms with Crippen LogP contribution in [0, 0.1) is 0 Å². The van der Waals surface area contributed by atoms with Crippen molar-refractivity contribution in [3.8, 4) is 17.2 Å². The molecule has 1 saturated heterocycles. The van der Waals surface area contributed by atoms with E-state index in [1.54, 1.807) is 6.08 Å². The number of thioether (sulfide) groups is 1. The molecule has 34 heavy (non-hydrogen) atoms. The lowest BCUT2D eigenvalue weighted by molar-refractivity contribution is -0.123. The number of hydrogen-bond donors (Lipinski definition) is 0. The second kappa shape index (κ2) is 11.1. The molecule has 0 saturated carbocycles. The van der Waals surface area contributed by atoms with Crippen LogP contribution in [-0.2, 0) is 4.79 Å². The second-order valence-electron chi connectivity index (χ2n) is 7.65. The van der Waals surface area contributed by atoms with E-state index in [0.29, 0.717) is 29.6 Å². The molecule has 7 heteroatoms. The Kier molecular flexibility index (Phi) is 7.75. The summed E-state index contributed by atoms with van der Waals surface area (Å²) in [6, 6.07) is 19.3. The Morgan fingerprint density at radius 3 is 2.47 bits per heavy atom. The molecule has 3 aromatic carbocycles.